The molecule has 0 aliphatic carbocycles. The van der Waals surface area contributed by atoms with Gasteiger partial charge in [0, 0.05) is 24.7 Å². The van der Waals surface area contributed by atoms with Crippen LogP contribution in [0, 0.1) is 0 Å². The number of piperidine rings is 1. The van der Waals surface area contributed by atoms with Crippen LogP contribution in [0.1, 0.15) is 62.7 Å². The van der Waals surface area contributed by atoms with E-state index in [0.717, 1.165) is 50.8 Å². The highest BCUT2D eigenvalue weighted by Gasteiger charge is 2.23. The molecular weight excluding hydrogens is 316 g/mol. The Morgan fingerprint density at radius 3 is 2.48 bits per heavy atom. The summed E-state index contributed by atoms with van der Waals surface area (Å²) in [6, 6.07) is 5.58. The fourth-order valence-electron chi connectivity index (χ4n) is 2.90. The van der Waals surface area contributed by atoms with E-state index in [1.165, 1.54) is 0 Å². The number of likely N-dealkylation sites (tertiary alicyclic amines) is 1. The third-order valence-corrected chi connectivity index (χ3v) is 4.45. The van der Waals surface area contributed by atoms with Gasteiger partial charge in [0.05, 0.1) is 13.2 Å². The minimum Gasteiger partial charge on any atom is -0.490 e. The molecule has 2 rings (SSSR count). The molecule has 1 atom stereocenters. The molecule has 25 heavy (non-hydrogen) atoms. The molecule has 5 heteroatoms. The third-order valence-electron chi connectivity index (χ3n) is 4.45. The second kappa shape index (κ2) is 10.3. The Morgan fingerprint density at radius 1 is 1.16 bits per heavy atom. The lowest BCUT2D eigenvalue weighted by Crippen LogP contribution is -2.45. The summed E-state index contributed by atoms with van der Waals surface area (Å²) in [6.07, 6.45) is 6.08. The SMILES string of the molecule is CCCCOc1ccc(C(=O)N2CCCC(N)C2)cc1OCCCC. The van der Waals surface area contributed by atoms with Crippen LogP contribution in [0.5, 0.6) is 11.5 Å². The number of nitrogens with two attached hydrogens (primary N) is 1. The molecule has 5 nitrogen and oxygen atoms in total. The maximum absolute atomic E-state index is 12.8. The van der Waals surface area contributed by atoms with Crippen LogP contribution in [0.3, 0.4) is 0 Å². The van der Waals surface area contributed by atoms with Gasteiger partial charge in [0.15, 0.2) is 11.5 Å². The zero-order valence-electron chi connectivity index (χ0n) is 15.6. The van der Waals surface area contributed by atoms with Crippen LogP contribution >= 0.6 is 0 Å². The number of hydrogen-bond acceptors (Lipinski definition) is 4. The van der Waals surface area contributed by atoms with E-state index < -0.39 is 0 Å². The Balaban J connectivity index is 2.11. The summed E-state index contributed by atoms with van der Waals surface area (Å²) in [4.78, 5) is 14.6. The number of amides is 1. The van der Waals surface area contributed by atoms with Crippen LogP contribution in [0.4, 0.5) is 0 Å². The summed E-state index contributed by atoms with van der Waals surface area (Å²) >= 11 is 0. The van der Waals surface area contributed by atoms with E-state index in [2.05, 4.69) is 13.8 Å². The molecule has 140 valence electrons. The molecule has 0 radical (unpaired) electrons. The Hall–Kier alpha value is -1.75. The van der Waals surface area contributed by atoms with Crippen molar-refractivity contribution in [1.29, 1.82) is 0 Å². The third kappa shape index (κ3) is 5.92. The summed E-state index contributed by atoms with van der Waals surface area (Å²) in [5.41, 5.74) is 6.65. The van der Waals surface area contributed by atoms with E-state index in [0.29, 0.717) is 31.1 Å². The molecule has 0 aromatic heterocycles. The van der Waals surface area contributed by atoms with Gasteiger partial charge in [-0.05, 0) is 43.9 Å². The van der Waals surface area contributed by atoms with Crippen LogP contribution in [0.15, 0.2) is 18.2 Å². The maximum atomic E-state index is 12.8. The number of nitrogens with zero attached hydrogens (tertiary/aromatic N) is 1. The Labute approximate surface area is 151 Å². The smallest absolute Gasteiger partial charge is 0.254 e. The molecule has 1 aliphatic heterocycles. The van der Waals surface area contributed by atoms with Gasteiger partial charge < -0.3 is 20.1 Å². The van der Waals surface area contributed by atoms with Gasteiger partial charge in [0.25, 0.3) is 5.91 Å². The second-order valence-corrected chi connectivity index (χ2v) is 6.72. The first-order valence-electron chi connectivity index (χ1n) is 9.60. The monoisotopic (exact) mass is 348 g/mol. The summed E-state index contributed by atoms with van der Waals surface area (Å²) in [5, 5.41) is 0. The van der Waals surface area contributed by atoms with Crippen LogP contribution in [0.25, 0.3) is 0 Å². The van der Waals surface area contributed by atoms with Crippen LogP contribution in [-0.4, -0.2) is 43.2 Å². The van der Waals surface area contributed by atoms with Crippen molar-refractivity contribution in [1.82, 2.24) is 4.90 Å². The molecule has 0 bridgehead atoms. The standard InChI is InChI=1S/C20H32N2O3/c1-3-5-12-24-18-10-9-16(14-19(18)25-13-6-4-2)20(23)22-11-7-8-17(21)15-22/h9-10,14,17H,3-8,11-13,15,21H2,1-2H3. The minimum atomic E-state index is 0.0237. The predicted molar refractivity (Wildman–Crippen MR) is 100 cm³/mol. The number of benzene rings is 1. The zero-order valence-corrected chi connectivity index (χ0v) is 15.6. The lowest BCUT2D eigenvalue weighted by molar-refractivity contribution is 0.0708. The normalized spacial score (nSPS) is 17.4. The largest absolute Gasteiger partial charge is 0.490 e. The van der Waals surface area contributed by atoms with E-state index in [4.69, 9.17) is 15.2 Å². The number of carbonyl (C=O) groups is 1. The fourth-order valence-corrected chi connectivity index (χ4v) is 2.90. The van der Waals surface area contributed by atoms with Gasteiger partial charge in [-0.2, -0.15) is 0 Å². The van der Waals surface area contributed by atoms with Crippen molar-refractivity contribution < 1.29 is 14.3 Å². The van der Waals surface area contributed by atoms with Crippen molar-refractivity contribution in [3.63, 3.8) is 0 Å². The van der Waals surface area contributed by atoms with Crippen LogP contribution < -0.4 is 15.2 Å². The van der Waals surface area contributed by atoms with Gasteiger partial charge in [0.2, 0.25) is 0 Å². The molecule has 1 aromatic carbocycles. The predicted octanol–water partition coefficient (Wildman–Crippen LogP) is 3.61. The van der Waals surface area contributed by atoms with Crippen molar-refractivity contribution in [3.8, 4) is 11.5 Å². The first-order valence-corrected chi connectivity index (χ1v) is 9.60. The van der Waals surface area contributed by atoms with Crippen LogP contribution in [-0.2, 0) is 0 Å². The Bertz CT molecular complexity index is 548. The molecule has 1 amide bonds. The quantitative estimate of drug-likeness (QED) is 0.693. The highest BCUT2D eigenvalue weighted by Crippen LogP contribution is 2.30. The molecule has 0 spiro atoms. The second-order valence-electron chi connectivity index (χ2n) is 6.72. The van der Waals surface area contributed by atoms with Gasteiger partial charge in [-0.1, -0.05) is 26.7 Å². The first kappa shape index (κ1) is 19.6. The van der Waals surface area contributed by atoms with Crippen molar-refractivity contribution >= 4 is 5.91 Å². The highest BCUT2D eigenvalue weighted by molar-refractivity contribution is 5.95. The Kier molecular flexibility index (Phi) is 8.06. The van der Waals surface area contributed by atoms with Gasteiger partial charge >= 0.3 is 0 Å². The number of unbranched alkanes of at least 4 members (excludes halogenated alkanes) is 2. The number of ether oxygens (including phenoxy) is 2. The van der Waals surface area contributed by atoms with E-state index in [1.54, 1.807) is 0 Å². The fraction of sp³-hybridized carbons (Fsp3) is 0.650. The first-order chi connectivity index (χ1) is 12.2. The summed E-state index contributed by atoms with van der Waals surface area (Å²) in [6.45, 7) is 6.95. The van der Waals surface area contributed by atoms with Crippen molar-refractivity contribution in [2.75, 3.05) is 26.3 Å². The van der Waals surface area contributed by atoms with E-state index in [9.17, 15) is 4.79 Å². The lowest BCUT2D eigenvalue weighted by Gasteiger charge is -2.31. The molecule has 2 N–H and O–H groups in total. The van der Waals surface area contributed by atoms with Crippen molar-refractivity contribution in [2.24, 2.45) is 5.73 Å². The number of carbonyl (C=O) groups excluding carboxylic acids is 1. The molecule has 1 fully saturated rings. The Morgan fingerprint density at radius 2 is 1.84 bits per heavy atom. The minimum absolute atomic E-state index is 0.0237. The number of hydrogen-bond donors (Lipinski definition) is 1. The van der Waals surface area contributed by atoms with E-state index in [1.807, 2.05) is 23.1 Å². The van der Waals surface area contributed by atoms with E-state index >= 15 is 0 Å². The number of rotatable bonds is 9. The zero-order chi connectivity index (χ0) is 18.1. The van der Waals surface area contributed by atoms with E-state index in [-0.39, 0.29) is 11.9 Å². The topological polar surface area (TPSA) is 64.8 Å². The average Bonchev–Trinajstić information content (AvgIpc) is 2.62. The van der Waals surface area contributed by atoms with Gasteiger partial charge in [-0.15, -0.1) is 0 Å². The summed E-state index contributed by atoms with van der Waals surface area (Å²) < 4.78 is 11.7. The van der Waals surface area contributed by atoms with Gasteiger partial charge in [0.1, 0.15) is 0 Å². The molecule has 1 saturated heterocycles. The van der Waals surface area contributed by atoms with Crippen molar-refractivity contribution in [2.45, 2.75) is 58.4 Å². The molecule has 1 aliphatic rings. The summed E-state index contributed by atoms with van der Waals surface area (Å²) in [7, 11) is 0. The summed E-state index contributed by atoms with van der Waals surface area (Å²) in [5.74, 6) is 1.41. The maximum Gasteiger partial charge on any atom is 0.254 e. The molecule has 1 unspecified atom stereocenters. The molecule has 1 heterocycles. The average molecular weight is 348 g/mol. The van der Waals surface area contributed by atoms with Crippen molar-refractivity contribution in [3.05, 3.63) is 23.8 Å². The molecule has 1 aromatic rings. The van der Waals surface area contributed by atoms with Gasteiger partial charge in [-0.3, -0.25) is 4.79 Å². The van der Waals surface area contributed by atoms with Gasteiger partial charge in [-0.25, -0.2) is 0 Å². The highest BCUT2D eigenvalue weighted by atomic mass is 16.5. The molecule has 0 saturated carbocycles. The lowest BCUT2D eigenvalue weighted by atomic mass is 10.1. The van der Waals surface area contributed by atoms with Crippen LogP contribution in [0.2, 0.25) is 0 Å². The molecular formula is C20H32N2O3.